The third-order valence-corrected chi connectivity index (χ3v) is 5.96. The summed E-state index contributed by atoms with van der Waals surface area (Å²) in [5.74, 6) is 0.209. The van der Waals surface area contributed by atoms with Crippen LogP contribution in [0.3, 0.4) is 0 Å². The van der Waals surface area contributed by atoms with Crippen molar-refractivity contribution in [2.24, 2.45) is 0 Å². The van der Waals surface area contributed by atoms with E-state index in [4.69, 9.17) is 10.7 Å². The van der Waals surface area contributed by atoms with Gasteiger partial charge in [0.05, 0.1) is 23.4 Å². The Hall–Kier alpha value is -3.67. The molecule has 6 heteroatoms. The van der Waals surface area contributed by atoms with E-state index >= 15 is 0 Å². The van der Waals surface area contributed by atoms with Crippen molar-refractivity contribution < 1.29 is 4.79 Å². The maximum Gasteiger partial charge on any atom is 0.253 e. The Bertz CT molecular complexity index is 1220. The van der Waals surface area contributed by atoms with Gasteiger partial charge in [0, 0.05) is 42.4 Å². The number of hydrogen-bond donors (Lipinski definition) is 1. The van der Waals surface area contributed by atoms with E-state index in [2.05, 4.69) is 5.10 Å². The zero-order valence-electron chi connectivity index (χ0n) is 17.3. The molecule has 1 atom stereocenters. The highest BCUT2D eigenvalue weighted by atomic mass is 16.2. The van der Waals surface area contributed by atoms with Gasteiger partial charge in [-0.15, -0.1) is 0 Å². The Kier molecular flexibility index (Phi) is 5.12. The van der Waals surface area contributed by atoms with Crippen molar-refractivity contribution in [3.05, 3.63) is 89.9 Å². The molecule has 2 aromatic heterocycles. The number of nitrogens with two attached hydrogens (primary N) is 1. The van der Waals surface area contributed by atoms with E-state index in [9.17, 15) is 4.79 Å². The van der Waals surface area contributed by atoms with Crippen molar-refractivity contribution in [1.82, 2.24) is 19.7 Å². The SMILES string of the molecule is Nc1cc2ccccc2nc1[C@@H]1CCCN(C(=O)c2cccc(Cn3cccn3)c2)C1. The first-order chi connectivity index (χ1) is 15.2. The summed E-state index contributed by atoms with van der Waals surface area (Å²) in [4.78, 5) is 20.1. The predicted molar refractivity (Wildman–Crippen MR) is 122 cm³/mol. The third-order valence-electron chi connectivity index (χ3n) is 5.96. The van der Waals surface area contributed by atoms with E-state index < -0.39 is 0 Å². The molecular weight excluding hydrogens is 386 g/mol. The molecular formula is C25H25N5O. The van der Waals surface area contributed by atoms with E-state index in [1.165, 1.54) is 0 Å². The monoisotopic (exact) mass is 411 g/mol. The van der Waals surface area contributed by atoms with Crippen LogP contribution in [0.5, 0.6) is 0 Å². The molecule has 5 rings (SSSR count). The highest BCUT2D eigenvalue weighted by molar-refractivity contribution is 5.94. The number of aromatic nitrogens is 3. The number of likely N-dealkylation sites (tertiary alicyclic amines) is 1. The number of amides is 1. The second kappa shape index (κ2) is 8.22. The standard InChI is InChI=1S/C25H25N5O/c26-22-15-19-7-1-2-10-23(19)28-24(22)21-9-4-12-29(17-21)25(31)20-8-3-6-18(14-20)16-30-13-5-11-27-30/h1-3,5-8,10-11,13-15,21H,4,9,12,16-17,26H2/t21-/m1/s1. The molecule has 156 valence electrons. The summed E-state index contributed by atoms with van der Waals surface area (Å²) < 4.78 is 1.86. The van der Waals surface area contributed by atoms with E-state index in [-0.39, 0.29) is 11.8 Å². The van der Waals surface area contributed by atoms with Crippen molar-refractivity contribution in [2.45, 2.75) is 25.3 Å². The van der Waals surface area contributed by atoms with Gasteiger partial charge in [-0.25, -0.2) is 0 Å². The molecule has 0 saturated carbocycles. The zero-order chi connectivity index (χ0) is 21.2. The molecule has 3 heterocycles. The Balaban J connectivity index is 1.36. The number of nitrogens with zero attached hydrogens (tertiary/aromatic N) is 4. The van der Waals surface area contributed by atoms with E-state index in [0.29, 0.717) is 24.3 Å². The number of rotatable bonds is 4. The van der Waals surface area contributed by atoms with Crippen LogP contribution >= 0.6 is 0 Å². The summed E-state index contributed by atoms with van der Waals surface area (Å²) in [6, 6.07) is 19.7. The minimum absolute atomic E-state index is 0.0615. The van der Waals surface area contributed by atoms with Crippen LogP contribution in [0, 0.1) is 0 Å². The summed E-state index contributed by atoms with van der Waals surface area (Å²) >= 11 is 0. The minimum Gasteiger partial charge on any atom is -0.397 e. The van der Waals surface area contributed by atoms with Crippen LogP contribution in [-0.2, 0) is 6.54 Å². The summed E-state index contributed by atoms with van der Waals surface area (Å²) in [5, 5.41) is 5.29. The molecule has 0 unspecified atom stereocenters. The normalized spacial score (nSPS) is 16.5. The first kappa shape index (κ1) is 19.3. The highest BCUT2D eigenvalue weighted by Crippen LogP contribution is 2.32. The van der Waals surface area contributed by atoms with Crippen molar-refractivity contribution in [1.29, 1.82) is 0 Å². The van der Waals surface area contributed by atoms with Crippen molar-refractivity contribution >= 4 is 22.5 Å². The van der Waals surface area contributed by atoms with Gasteiger partial charge < -0.3 is 10.6 Å². The molecule has 0 bridgehead atoms. The maximum atomic E-state index is 13.3. The topological polar surface area (TPSA) is 77.0 Å². The third kappa shape index (κ3) is 4.01. The van der Waals surface area contributed by atoms with Gasteiger partial charge in [0.2, 0.25) is 0 Å². The lowest BCUT2D eigenvalue weighted by molar-refractivity contribution is 0.0706. The number of nitrogen functional groups attached to an aromatic ring is 1. The largest absolute Gasteiger partial charge is 0.397 e. The van der Waals surface area contributed by atoms with Crippen LogP contribution < -0.4 is 5.73 Å². The molecule has 0 aliphatic carbocycles. The number of hydrogen-bond acceptors (Lipinski definition) is 4. The number of carbonyl (C=O) groups is 1. The van der Waals surface area contributed by atoms with E-state index in [0.717, 1.165) is 41.5 Å². The molecule has 0 spiro atoms. The van der Waals surface area contributed by atoms with Crippen LogP contribution in [0.15, 0.2) is 73.1 Å². The number of piperidine rings is 1. The fourth-order valence-corrected chi connectivity index (χ4v) is 4.43. The van der Waals surface area contributed by atoms with Gasteiger partial charge in [-0.05, 0) is 48.7 Å². The lowest BCUT2D eigenvalue weighted by Gasteiger charge is -2.33. The molecule has 2 N–H and O–H groups in total. The van der Waals surface area contributed by atoms with Gasteiger partial charge in [0.1, 0.15) is 0 Å². The molecule has 31 heavy (non-hydrogen) atoms. The van der Waals surface area contributed by atoms with Crippen LogP contribution in [-0.4, -0.2) is 38.7 Å². The van der Waals surface area contributed by atoms with Gasteiger partial charge in [0.15, 0.2) is 0 Å². The van der Waals surface area contributed by atoms with Gasteiger partial charge in [-0.2, -0.15) is 5.10 Å². The smallest absolute Gasteiger partial charge is 0.253 e. The maximum absolute atomic E-state index is 13.3. The fourth-order valence-electron chi connectivity index (χ4n) is 4.43. The van der Waals surface area contributed by atoms with E-state index in [1.54, 1.807) is 6.20 Å². The fraction of sp³-hybridized carbons (Fsp3) is 0.240. The van der Waals surface area contributed by atoms with Crippen molar-refractivity contribution in [3.8, 4) is 0 Å². The summed E-state index contributed by atoms with van der Waals surface area (Å²) in [7, 11) is 0. The highest BCUT2D eigenvalue weighted by Gasteiger charge is 2.28. The molecule has 1 aliphatic rings. The first-order valence-electron chi connectivity index (χ1n) is 10.7. The Labute approximate surface area is 181 Å². The average molecular weight is 412 g/mol. The predicted octanol–water partition coefficient (Wildman–Crippen LogP) is 4.08. The second-order valence-corrected chi connectivity index (χ2v) is 8.15. The Morgan fingerprint density at radius 2 is 2.00 bits per heavy atom. The number of fused-ring (bicyclic) bond motifs is 1. The summed E-state index contributed by atoms with van der Waals surface area (Å²) in [5.41, 5.74) is 10.7. The molecule has 1 fully saturated rings. The first-order valence-corrected chi connectivity index (χ1v) is 10.7. The summed E-state index contributed by atoms with van der Waals surface area (Å²) in [6.45, 7) is 2.04. The van der Waals surface area contributed by atoms with Crippen molar-refractivity contribution in [3.63, 3.8) is 0 Å². The zero-order valence-corrected chi connectivity index (χ0v) is 17.3. The number of carbonyl (C=O) groups excluding carboxylic acids is 1. The number of benzene rings is 2. The molecule has 2 aromatic carbocycles. The lowest BCUT2D eigenvalue weighted by Crippen LogP contribution is -2.39. The van der Waals surface area contributed by atoms with Crippen LogP contribution in [0.1, 0.15) is 40.4 Å². The van der Waals surface area contributed by atoms with Crippen LogP contribution in [0.2, 0.25) is 0 Å². The molecule has 0 radical (unpaired) electrons. The number of anilines is 1. The van der Waals surface area contributed by atoms with Crippen molar-refractivity contribution in [2.75, 3.05) is 18.8 Å². The van der Waals surface area contributed by atoms with Gasteiger partial charge in [-0.1, -0.05) is 30.3 Å². The Morgan fingerprint density at radius 3 is 2.87 bits per heavy atom. The van der Waals surface area contributed by atoms with Gasteiger partial charge in [-0.3, -0.25) is 14.5 Å². The second-order valence-electron chi connectivity index (χ2n) is 8.15. The summed E-state index contributed by atoms with van der Waals surface area (Å²) in [6.07, 6.45) is 5.61. The van der Waals surface area contributed by atoms with Gasteiger partial charge in [0.25, 0.3) is 5.91 Å². The lowest BCUT2D eigenvalue weighted by atomic mass is 9.92. The molecule has 4 aromatic rings. The number of pyridine rings is 1. The average Bonchev–Trinajstić information content (AvgIpc) is 3.31. The molecule has 1 saturated heterocycles. The van der Waals surface area contributed by atoms with Gasteiger partial charge >= 0.3 is 0 Å². The molecule has 1 aliphatic heterocycles. The minimum atomic E-state index is 0.0615. The molecule has 6 nitrogen and oxygen atoms in total. The Morgan fingerprint density at radius 1 is 1.10 bits per heavy atom. The quantitative estimate of drug-likeness (QED) is 0.549. The van der Waals surface area contributed by atoms with Crippen LogP contribution in [0.25, 0.3) is 10.9 Å². The van der Waals surface area contributed by atoms with E-state index in [1.807, 2.05) is 76.4 Å². The molecule has 1 amide bonds. The van der Waals surface area contributed by atoms with Crippen LogP contribution in [0.4, 0.5) is 5.69 Å². The number of para-hydroxylation sites is 1.